The maximum absolute atomic E-state index is 11.9. The molecule has 0 bridgehead atoms. The molecule has 1 aliphatic heterocycles. The predicted molar refractivity (Wildman–Crippen MR) is 90.2 cm³/mol. The van der Waals surface area contributed by atoms with Gasteiger partial charge in [-0.05, 0) is 41.5 Å². The number of guanidine groups is 1. The Labute approximate surface area is 141 Å². The molecular formula is C14H26N4O4S. The summed E-state index contributed by atoms with van der Waals surface area (Å²) in [5, 5.41) is 8.25. The fraction of sp³-hybridized carbons (Fsp3) is 0.786. The van der Waals surface area contributed by atoms with Crippen LogP contribution in [0.1, 0.15) is 41.5 Å². The highest BCUT2D eigenvalue weighted by atomic mass is 32.2. The Morgan fingerprint density at radius 1 is 1.13 bits per heavy atom. The highest BCUT2D eigenvalue weighted by Crippen LogP contribution is 2.18. The second-order valence-corrected chi connectivity index (χ2v) is 8.14. The second-order valence-electron chi connectivity index (χ2n) is 7.21. The molecule has 0 saturated carbocycles. The molecule has 23 heavy (non-hydrogen) atoms. The first-order chi connectivity index (χ1) is 10.4. The number of nitrogens with one attached hydrogen (secondary N) is 1. The van der Waals surface area contributed by atoms with E-state index in [1.165, 1.54) is 11.9 Å². The lowest BCUT2D eigenvalue weighted by Gasteiger charge is -2.39. The van der Waals surface area contributed by atoms with E-state index in [-0.39, 0.29) is 11.2 Å². The lowest BCUT2D eigenvalue weighted by Crippen LogP contribution is -2.58. The van der Waals surface area contributed by atoms with E-state index in [0.29, 0.717) is 13.1 Å². The first kappa shape index (κ1) is 19.6. The van der Waals surface area contributed by atoms with Crippen molar-refractivity contribution in [2.24, 2.45) is 10.1 Å². The highest BCUT2D eigenvalue weighted by Gasteiger charge is 2.32. The van der Waals surface area contributed by atoms with Crippen LogP contribution in [0.15, 0.2) is 4.99 Å². The van der Waals surface area contributed by atoms with Crippen molar-refractivity contribution < 1.29 is 19.1 Å². The Hall–Kier alpha value is -1.48. The van der Waals surface area contributed by atoms with Crippen LogP contribution in [-0.4, -0.2) is 52.6 Å². The maximum Gasteiger partial charge on any atom is 0.437 e. The lowest BCUT2D eigenvalue weighted by atomic mass is 10.2. The molecular weight excluding hydrogens is 320 g/mol. The van der Waals surface area contributed by atoms with Crippen LogP contribution in [0.4, 0.5) is 9.59 Å². The molecule has 0 atom stereocenters. The van der Waals surface area contributed by atoms with Crippen LogP contribution in [0.25, 0.3) is 0 Å². The molecule has 0 aromatic heterocycles. The zero-order valence-electron chi connectivity index (χ0n) is 14.5. The van der Waals surface area contributed by atoms with Crippen molar-refractivity contribution in [2.75, 3.05) is 13.1 Å². The number of nitrogens with zero attached hydrogens (tertiary/aromatic N) is 2. The van der Waals surface area contributed by atoms with Gasteiger partial charge in [0.15, 0.2) is 0 Å². The molecule has 0 spiro atoms. The Morgan fingerprint density at radius 2 is 1.65 bits per heavy atom. The SMILES string of the molecule is CC(C)(C)OC(=O)/N=C(/NC(=O)OC(C)(C)C)N1CC(SN)C1. The number of hydrogen-bond donors (Lipinski definition) is 2. The summed E-state index contributed by atoms with van der Waals surface area (Å²) in [4.78, 5) is 29.4. The summed E-state index contributed by atoms with van der Waals surface area (Å²) in [7, 11) is 0. The number of rotatable bonds is 1. The van der Waals surface area contributed by atoms with Crippen molar-refractivity contribution in [3.8, 4) is 0 Å². The molecule has 0 aliphatic carbocycles. The van der Waals surface area contributed by atoms with Crippen molar-refractivity contribution in [1.82, 2.24) is 10.2 Å². The zero-order valence-corrected chi connectivity index (χ0v) is 15.3. The summed E-state index contributed by atoms with van der Waals surface area (Å²) in [6, 6.07) is 0. The number of alkyl carbamates (subject to hydrolysis) is 1. The number of carbonyl (C=O) groups is 2. The molecule has 1 fully saturated rings. The molecule has 1 aliphatic rings. The molecule has 1 saturated heterocycles. The number of aliphatic imine (C=N–C) groups is 1. The third-order valence-electron chi connectivity index (χ3n) is 2.54. The van der Waals surface area contributed by atoms with E-state index in [4.69, 9.17) is 14.6 Å². The second kappa shape index (κ2) is 7.39. The van der Waals surface area contributed by atoms with Crippen molar-refractivity contribution in [1.29, 1.82) is 0 Å². The average Bonchev–Trinajstić information content (AvgIpc) is 2.21. The van der Waals surface area contributed by atoms with Gasteiger partial charge in [0.2, 0.25) is 5.96 Å². The van der Waals surface area contributed by atoms with Gasteiger partial charge in [-0.1, -0.05) is 11.9 Å². The van der Waals surface area contributed by atoms with E-state index in [1.807, 2.05) is 0 Å². The standard InChI is InChI=1S/C14H26N4O4S/c1-13(2,3)21-11(19)16-10(18-7-9(8-18)23-15)17-12(20)22-14(4,5)6/h9H,7-8,15H2,1-6H3,(H,16,17,19,20). The van der Waals surface area contributed by atoms with Gasteiger partial charge in [-0.2, -0.15) is 0 Å². The van der Waals surface area contributed by atoms with E-state index in [2.05, 4.69) is 10.3 Å². The first-order valence-corrected chi connectivity index (χ1v) is 8.26. The zero-order chi connectivity index (χ0) is 17.8. The topological polar surface area (TPSA) is 106 Å². The minimum absolute atomic E-state index is 0.110. The van der Waals surface area contributed by atoms with Crippen LogP contribution < -0.4 is 10.5 Å². The number of carbonyl (C=O) groups excluding carboxylic acids is 2. The number of amides is 2. The van der Waals surface area contributed by atoms with Gasteiger partial charge in [-0.25, -0.2) is 9.59 Å². The molecule has 0 aromatic rings. The van der Waals surface area contributed by atoms with Gasteiger partial charge in [0.05, 0.1) is 5.25 Å². The fourth-order valence-corrected chi connectivity index (χ4v) is 2.17. The molecule has 0 unspecified atom stereocenters. The van der Waals surface area contributed by atoms with Crippen molar-refractivity contribution in [3.63, 3.8) is 0 Å². The monoisotopic (exact) mass is 346 g/mol. The molecule has 132 valence electrons. The maximum atomic E-state index is 11.9. The summed E-state index contributed by atoms with van der Waals surface area (Å²) in [6.45, 7) is 11.6. The van der Waals surface area contributed by atoms with Crippen LogP contribution in [0.2, 0.25) is 0 Å². The van der Waals surface area contributed by atoms with Crippen molar-refractivity contribution in [2.45, 2.75) is 58.0 Å². The van der Waals surface area contributed by atoms with E-state index in [9.17, 15) is 9.59 Å². The Balaban J connectivity index is 2.78. The first-order valence-electron chi connectivity index (χ1n) is 7.32. The number of nitrogens with two attached hydrogens (primary N) is 1. The van der Waals surface area contributed by atoms with Gasteiger partial charge < -0.3 is 14.4 Å². The summed E-state index contributed by atoms with van der Waals surface area (Å²) < 4.78 is 10.3. The van der Waals surface area contributed by atoms with E-state index in [0.717, 1.165) is 0 Å². The molecule has 8 nitrogen and oxygen atoms in total. The molecule has 9 heteroatoms. The van der Waals surface area contributed by atoms with Crippen LogP contribution >= 0.6 is 11.9 Å². The number of hydrogen-bond acceptors (Lipinski definition) is 6. The van der Waals surface area contributed by atoms with Gasteiger partial charge in [0, 0.05) is 13.1 Å². The molecule has 1 heterocycles. The van der Waals surface area contributed by atoms with Gasteiger partial charge in [-0.3, -0.25) is 10.5 Å². The third-order valence-corrected chi connectivity index (χ3v) is 3.23. The van der Waals surface area contributed by atoms with E-state index in [1.54, 1.807) is 46.4 Å². The largest absolute Gasteiger partial charge is 0.444 e. The predicted octanol–water partition coefficient (Wildman–Crippen LogP) is 2.09. The van der Waals surface area contributed by atoms with Crippen LogP contribution in [0.5, 0.6) is 0 Å². The minimum Gasteiger partial charge on any atom is -0.444 e. The van der Waals surface area contributed by atoms with Crippen LogP contribution in [0, 0.1) is 0 Å². The Bertz CT molecular complexity index is 476. The van der Waals surface area contributed by atoms with E-state index >= 15 is 0 Å². The molecule has 3 N–H and O–H groups in total. The number of ether oxygens (including phenoxy) is 2. The molecule has 2 amide bonds. The van der Waals surface area contributed by atoms with Gasteiger partial charge in [0.25, 0.3) is 0 Å². The summed E-state index contributed by atoms with van der Waals surface area (Å²) in [5.74, 6) is 0.110. The molecule has 0 radical (unpaired) electrons. The third kappa shape index (κ3) is 7.56. The average molecular weight is 346 g/mol. The normalized spacial score (nSPS) is 16.7. The smallest absolute Gasteiger partial charge is 0.437 e. The van der Waals surface area contributed by atoms with E-state index < -0.39 is 23.4 Å². The molecule has 1 rings (SSSR count). The lowest BCUT2D eigenvalue weighted by molar-refractivity contribution is 0.0551. The Morgan fingerprint density at radius 3 is 2.09 bits per heavy atom. The van der Waals surface area contributed by atoms with Gasteiger partial charge in [0.1, 0.15) is 11.2 Å². The molecule has 0 aromatic carbocycles. The highest BCUT2D eigenvalue weighted by molar-refractivity contribution is 7.97. The van der Waals surface area contributed by atoms with Gasteiger partial charge in [-0.15, -0.1) is 4.99 Å². The van der Waals surface area contributed by atoms with Crippen LogP contribution in [0.3, 0.4) is 0 Å². The van der Waals surface area contributed by atoms with Crippen LogP contribution in [-0.2, 0) is 9.47 Å². The Kier molecular flexibility index (Phi) is 6.29. The fourth-order valence-electron chi connectivity index (χ4n) is 1.64. The van der Waals surface area contributed by atoms with Crippen molar-refractivity contribution in [3.05, 3.63) is 0 Å². The summed E-state index contributed by atoms with van der Waals surface area (Å²) in [5.41, 5.74) is -1.31. The summed E-state index contributed by atoms with van der Waals surface area (Å²) in [6.07, 6.45) is -1.45. The minimum atomic E-state index is -0.771. The quantitative estimate of drug-likeness (QED) is 0.425. The summed E-state index contributed by atoms with van der Waals surface area (Å²) >= 11 is 1.23. The number of likely N-dealkylation sites (tertiary alicyclic amines) is 1. The van der Waals surface area contributed by atoms with Crippen molar-refractivity contribution >= 4 is 30.1 Å². The van der Waals surface area contributed by atoms with Gasteiger partial charge >= 0.3 is 12.2 Å².